The molecule has 0 saturated heterocycles. The summed E-state index contributed by atoms with van der Waals surface area (Å²) in [7, 11) is 0. The SMILES string of the molecule is O=C(COc1ccc(Cl)c2ccccc12)N1CCC(c2ccccc2)=N1. The van der Waals surface area contributed by atoms with Crippen molar-refractivity contribution < 1.29 is 9.53 Å². The summed E-state index contributed by atoms with van der Waals surface area (Å²) in [6, 6.07) is 21.2. The van der Waals surface area contributed by atoms with Gasteiger partial charge in [-0.25, -0.2) is 5.01 Å². The van der Waals surface area contributed by atoms with Crippen molar-refractivity contribution in [3.8, 4) is 5.75 Å². The van der Waals surface area contributed by atoms with Gasteiger partial charge in [0.15, 0.2) is 6.61 Å². The molecule has 0 atom stereocenters. The number of halogens is 1. The molecule has 0 aromatic heterocycles. The summed E-state index contributed by atoms with van der Waals surface area (Å²) < 4.78 is 5.77. The Morgan fingerprint density at radius 3 is 2.54 bits per heavy atom. The van der Waals surface area contributed by atoms with Gasteiger partial charge in [-0.2, -0.15) is 5.10 Å². The van der Waals surface area contributed by atoms with Crippen molar-refractivity contribution >= 4 is 34.0 Å². The predicted octanol–water partition coefficient (Wildman–Crippen LogP) is 4.51. The summed E-state index contributed by atoms with van der Waals surface area (Å²) in [6.45, 7) is 0.519. The monoisotopic (exact) mass is 364 g/mol. The van der Waals surface area contributed by atoms with Crippen LogP contribution in [-0.2, 0) is 4.79 Å². The number of amides is 1. The molecular weight excluding hydrogens is 348 g/mol. The van der Waals surface area contributed by atoms with Gasteiger partial charge in [0.25, 0.3) is 5.91 Å². The Kier molecular flexibility index (Phi) is 4.59. The minimum atomic E-state index is -0.157. The second kappa shape index (κ2) is 7.18. The molecule has 0 aliphatic carbocycles. The zero-order valence-electron chi connectivity index (χ0n) is 14.1. The fourth-order valence-electron chi connectivity index (χ4n) is 3.05. The second-order valence-corrected chi connectivity index (χ2v) is 6.47. The van der Waals surface area contributed by atoms with Crippen LogP contribution in [-0.4, -0.2) is 29.8 Å². The maximum absolute atomic E-state index is 12.5. The Hall–Kier alpha value is -2.85. The van der Waals surface area contributed by atoms with Crippen LogP contribution in [0.3, 0.4) is 0 Å². The van der Waals surface area contributed by atoms with Crippen LogP contribution < -0.4 is 4.74 Å². The first-order valence-electron chi connectivity index (χ1n) is 8.46. The molecule has 1 heterocycles. The summed E-state index contributed by atoms with van der Waals surface area (Å²) in [5.74, 6) is 0.486. The smallest absolute Gasteiger partial charge is 0.280 e. The van der Waals surface area contributed by atoms with Crippen molar-refractivity contribution in [1.82, 2.24) is 5.01 Å². The molecule has 4 rings (SSSR count). The molecule has 0 bridgehead atoms. The molecule has 1 aliphatic rings. The highest BCUT2D eigenvalue weighted by molar-refractivity contribution is 6.35. The number of hydrogen-bond donors (Lipinski definition) is 0. The summed E-state index contributed by atoms with van der Waals surface area (Å²) in [6.07, 6.45) is 0.750. The molecule has 3 aromatic carbocycles. The first-order chi connectivity index (χ1) is 12.7. The highest BCUT2D eigenvalue weighted by atomic mass is 35.5. The molecular formula is C21H17ClN2O2. The van der Waals surface area contributed by atoms with Crippen LogP contribution in [0.1, 0.15) is 12.0 Å². The molecule has 0 N–H and O–H groups in total. The normalized spacial score (nSPS) is 13.7. The Bertz CT molecular complexity index is 986. The molecule has 3 aromatic rings. The first kappa shape index (κ1) is 16.6. The topological polar surface area (TPSA) is 41.9 Å². The Morgan fingerprint density at radius 2 is 1.73 bits per heavy atom. The van der Waals surface area contributed by atoms with Crippen molar-refractivity contribution in [2.45, 2.75) is 6.42 Å². The van der Waals surface area contributed by atoms with E-state index in [1.54, 1.807) is 12.1 Å². The van der Waals surface area contributed by atoms with Gasteiger partial charge in [-0.05, 0) is 17.7 Å². The summed E-state index contributed by atoms with van der Waals surface area (Å²) in [5.41, 5.74) is 1.98. The van der Waals surface area contributed by atoms with Crippen LogP contribution >= 0.6 is 11.6 Å². The van der Waals surface area contributed by atoms with Crippen molar-refractivity contribution in [2.24, 2.45) is 5.10 Å². The molecule has 4 nitrogen and oxygen atoms in total. The number of rotatable bonds is 4. The lowest BCUT2D eigenvalue weighted by Gasteiger charge is -2.14. The quantitative estimate of drug-likeness (QED) is 0.683. The van der Waals surface area contributed by atoms with Crippen LogP contribution in [0, 0.1) is 0 Å². The van der Waals surface area contributed by atoms with Crippen LogP contribution in [0.4, 0.5) is 0 Å². The lowest BCUT2D eigenvalue weighted by atomic mass is 10.1. The van der Waals surface area contributed by atoms with E-state index in [0.717, 1.165) is 28.5 Å². The van der Waals surface area contributed by atoms with E-state index in [2.05, 4.69) is 5.10 Å². The average Bonchev–Trinajstić information content (AvgIpc) is 3.19. The Labute approximate surface area is 156 Å². The second-order valence-electron chi connectivity index (χ2n) is 6.06. The lowest BCUT2D eigenvalue weighted by molar-refractivity contribution is -0.132. The van der Waals surface area contributed by atoms with E-state index in [9.17, 15) is 4.79 Å². The maximum atomic E-state index is 12.5. The minimum absolute atomic E-state index is 0.0583. The molecule has 0 spiro atoms. The fraction of sp³-hybridized carbons (Fsp3) is 0.143. The fourth-order valence-corrected chi connectivity index (χ4v) is 3.27. The summed E-state index contributed by atoms with van der Waals surface area (Å²) >= 11 is 6.22. The highest BCUT2D eigenvalue weighted by Gasteiger charge is 2.22. The van der Waals surface area contributed by atoms with E-state index in [-0.39, 0.29) is 12.5 Å². The predicted molar refractivity (Wildman–Crippen MR) is 104 cm³/mol. The van der Waals surface area contributed by atoms with Gasteiger partial charge < -0.3 is 4.74 Å². The molecule has 130 valence electrons. The maximum Gasteiger partial charge on any atom is 0.280 e. The van der Waals surface area contributed by atoms with E-state index in [1.165, 1.54) is 5.01 Å². The van der Waals surface area contributed by atoms with Gasteiger partial charge >= 0.3 is 0 Å². The zero-order valence-corrected chi connectivity index (χ0v) is 14.8. The summed E-state index contributed by atoms with van der Waals surface area (Å²) in [5, 5.41) is 8.39. The highest BCUT2D eigenvalue weighted by Crippen LogP contribution is 2.31. The molecule has 0 saturated carbocycles. The summed E-state index contributed by atoms with van der Waals surface area (Å²) in [4.78, 5) is 12.5. The molecule has 0 fully saturated rings. The van der Waals surface area contributed by atoms with Gasteiger partial charge in [-0.15, -0.1) is 0 Å². The largest absolute Gasteiger partial charge is 0.483 e. The molecule has 0 radical (unpaired) electrons. The molecule has 1 aliphatic heterocycles. The van der Waals surface area contributed by atoms with Gasteiger partial charge in [0.05, 0.1) is 12.3 Å². The third-order valence-corrected chi connectivity index (χ3v) is 4.71. The number of hydrazone groups is 1. The number of nitrogens with zero attached hydrogens (tertiary/aromatic N) is 2. The van der Waals surface area contributed by atoms with Gasteiger partial charge in [0, 0.05) is 22.2 Å². The lowest BCUT2D eigenvalue weighted by Crippen LogP contribution is -2.28. The molecule has 5 heteroatoms. The van der Waals surface area contributed by atoms with E-state index < -0.39 is 0 Å². The molecule has 0 unspecified atom stereocenters. The minimum Gasteiger partial charge on any atom is -0.483 e. The first-order valence-corrected chi connectivity index (χ1v) is 8.83. The number of hydrogen-bond acceptors (Lipinski definition) is 3. The number of ether oxygens (including phenoxy) is 1. The van der Waals surface area contributed by atoms with Gasteiger partial charge in [0.2, 0.25) is 0 Å². The number of fused-ring (bicyclic) bond motifs is 1. The van der Waals surface area contributed by atoms with Gasteiger partial charge in [-0.1, -0.05) is 66.2 Å². The van der Waals surface area contributed by atoms with Crippen molar-refractivity contribution in [1.29, 1.82) is 0 Å². The molecule has 1 amide bonds. The van der Waals surface area contributed by atoms with Gasteiger partial charge in [-0.3, -0.25) is 4.79 Å². The van der Waals surface area contributed by atoms with E-state index in [1.807, 2.05) is 54.6 Å². The number of benzene rings is 3. The van der Waals surface area contributed by atoms with Crippen LogP contribution in [0.15, 0.2) is 71.8 Å². The van der Waals surface area contributed by atoms with Crippen LogP contribution in [0.2, 0.25) is 5.02 Å². The van der Waals surface area contributed by atoms with E-state index in [0.29, 0.717) is 17.3 Å². The average molecular weight is 365 g/mol. The number of carbonyl (C=O) groups is 1. The van der Waals surface area contributed by atoms with Crippen molar-refractivity contribution in [2.75, 3.05) is 13.2 Å². The standard InChI is InChI=1S/C21H17ClN2O2/c22-18-10-11-20(17-9-5-4-8-16(17)18)26-14-21(25)24-13-12-19(23-24)15-6-2-1-3-7-15/h1-11H,12-14H2. The van der Waals surface area contributed by atoms with Crippen LogP contribution in [0.25, 0.3) is 10.8 Å². The zero-order chi connectivity index (χ0) is 17.9. The number of carbonyl (C=O) groups excluding carboxylic acids is 1. The Morgan fingerprint density at radius 1 is 1.00 bits per heavy atom. The Balaban J connectivity index is 1.47. The van der Waals surface area contributed by atoms with Crippen LogP contribution in [0.5, 0.6) is 5.75 Å². The van der Waals surface area contributed by atoms with E-state index >= 15 is 0 Å². The van der Waals surface area contributed by atoms with Crippen molar-refractivity contribution in [3.63, 3.8) is 0 Å². The van der Waals surface area contributed by atoms with Gasteiger partial charge in [0.1, 0.15) is 5.75 Å². The molecule has 26 heavy (non-hydrogen) atoms. The third kappa shape index (κ3) is 3.28. The van der Waals surface area contributed by atoms with E-state index in [4.69, 9.17) is 16.3 Å². The third-order valence-electron chi connectivity index (χ3n) is 4.38. The van der Waals surface area contributed by atoms with Crippen molar-refractivity contribution in [3.05, 3.63) is 77.3 Å².